The largest absolute Gasteiger partial charge is 0.577 e. The van der Waals surface area contributed by atoms with Crippen LogP contribution in [0.15, 0.2) is 146 Å². The molecular formula is C30H24BF2P2. The Morgan fingerprint density at radius 1 is 0.314 bits per heavy atom. The molecule has 0 bridgehead atoms. The van der Waals surface area contributed by atoms with E-state index >= 15 is 0 Å². The quantitative estimate of drug-likeness (QED) is 0.211. The van der Waals surface area contributed by atoms with Gasteiger partial charge in [-0.05, 0) is 47.7 Å². The lowest BCUT2D eigenvalue weighted by molar-refractivity contribution is 0.712. The summed E-state index contributed by atoms with van der Waals surface area (Å²) in [5.41, 5.74) is 0. The van der Waals surface area contributed by atoms with Crippen molar-refractivity contribution in [3.05, 3.63) is 146 Å². The third kappa shape index (κ3) is 6.52. The van der Waals surface area contributed by atoms with Crippen LogP contribution in [0.3, 0.4) is 0 Å². The number of halogens is 2. The van der Waals surface area contributed by atoms with Crippen LogP contribution < -0.4 is 31.8 Å². The fraction of sp³-hybridized carbons (Fsp3) is 0. The number of rotatable bonds is 6. The molecule has 0 spiro atoms. The maximum Gasteiger partial charge on any atom is 0.577 e. The van der Waals surface area contributed by atoms with Crippen molar-refractivity contribution in [3.63, 3.8) is 0 Å². The van der Waals surface area contributed by atoms with Crippen LogP contribution in [0.2, 0.25) is 0 Å². The second kappa shape index (κ2) is 13.1. The third-order valence-electron chi connectivity index (χ3n) is 5.42. The lowest BCUT2D eigenvalue weighted by Gasteiger charge is -2.22. The molecule has 0 nitrogen and oxygen atoms in total. The number of benzene rings is 5. The smallest absolute Gasteiger partial charge is 0.289 e. The summed E-state index contributed by atoms with van der Waals surface area (Å²) in [6, 6.07) is 53.0. The van der Waals surface area contributed by atoms with E-state index in [4.69, 9.17) is 0 Å². The van der Waals surface area contributed by atoms with Crippen LogP contribution in [-0.2, 0) is 0 Å². The van der Waals surface area contributed by atoms with Gasteiger partial charge in [-0.15, -0.1) is 0 Å². The summed E-state index contributed by atoms with van der Waals surface area (Å²) < 4.78 is 19.0. The zero-order valence-corrected chi connectivity index (χ0v) is 20.9. The van der Waals surface area contributed by atoms with Gasteiger partial charge in [0.2, 0.25) is 0 Å². The Labute approximate surface area is 209 Å². The summed E-state index contributed by atoms with van der Waals surface area (Å²) in [6.07, 6.45) is 0. The van der Waals surface area contributed by atoms with Gasteiger partial charge in [0.05, 0.1) is 0 Å². The van der Waals surface area contributed by atoms with E-state index in [0.717, 1.165) is 0 Å². The molecule has 5 rings (SSSR count). The van der Waals surface area contributed by atoms with Gasteiger partial charge in [0.1, 0.15) is 0 Å². The Bertz CT molecular complexity index is 1090. The molecule has 0 atom stereocenters. The maximum atomic E-state index is 9.50. The normalized spacial score (nSPS) is 10.5. The zero-order valence-electron chi connectivity index (χ0n) is 19.1. The van der Waals surface area contributed by atoms with Gasteiger partial charge < -0.3 is 0 Å². The molecule has 0 fully saturated rings. The molecule has 0 aliphatic heterocycles. The van der Waals surface area contributed by atoms with Crippen molar-refractivity contribution < 1.29 is 8.63 Å². The first-order chi connectivity index (χ1) is 17.3. The van der Waals surface area contributed by atoms with Crippen molar-refractivity contribution in [2.45, 2.75) is 0 Å². The molecule has 0 aliphatic rings. The second-order valence-corrected chi connectivity index (χ2v) is 12.1. The Balaban J connectivity index is 0.000000917. The van der Waals surface area contributed by atoms with E-state index in [1.165, 1.54) is 31.8 Å². The van der Waals surface area contributed by atoms with Gasteiger partial charge >= 0.3 is 7.83 Å². The summed E-state index contributed by atoms with van der Waals surface area (Å²) in [6.45, 7) is 0. The summed E-state index contributed by atoms with van der Waals surface area (Å²) in [5, 5.41) is 8.31. The van der Waals surface area contributed by atoms with Crippen molar-refractivity contribution in [2.24, 2.45) is 0 Å². The molecule has 0 N–H and O–H groups in total. The third-order valence-corrected chi connectivity index (χ3v) is 10.3. The van der Waals surface area contributed by atoms with Gasteiger partial charge in [0, 0.05) is 0 Å². The van der Waals surface area contributed by atoms with Crippen molar-refractivity contribution in [1.29, 1.82) is 0 Å². The van der Waals surface area contributed by atoms with Gasteiger partial charge in [-0.2, -0.15) is 0 Å². The van der Waals surface area contributed by atoms with E-state index in [0.29, 0.717) is 0 Å². The minimum Gasteiger partial charge on any atom is -0.289 e. The molecule has 0 heterocycles. The van der Waals surface area contributed by atoms with Crippen LogP contribution in [-0.4, -0.2) is 7.83 Å². The Hall–Kier alpha value is -3.12. The molecule has 5 aromatic carbocycles. The topological polar surface area (TPSA) is 0 Å². The number of hydrogen-bond acceptors (Lipinski definition) is 0. The minimum atomic E-state index is -1.00. The first-order valence-corrected chi connectivity index (χ1v) is 13.9. The van der Waals surface area contributed by atoms with Crippen LogP contribution in [0.25, 0.3) is 0 Å². The van der Waals surface area contributed by atoms with Crippen LogP contribution in [0.1, 0.15) is 0 Å². The van der Waals surface area contributed by atoms with Gasteiger partial charge in [-0.1, -0.05) is 146 Å². The Kier molecular flexibility index (Phi) is 9.36. The molecule has 5 heteroatoms. The molecule has 35 heavy (non-hydrogen) atoms. The van der Waals surface area contributed by atoms with E-state index in [2.05, 4.69) is 146 Å². The average molecular weight is 495 g/mol. The highest BCUT2D eigenvalue weighted by Crippen LogP contribution is 2.35. The van der Waals surface area contributed by atoms with E-state index in [9.17, 15) is 8.63 Å². The Morgan fingerprint density at radius 2 is 0.486 bits per heavy atom. The molecule has 5 aromatic rings. The summed E-state index contributed by atoms with van der Waals surface area (Å²) in [4.78, 5) is 0. The lowest BCUT2D eigenvalue weighted by atomic mass is 10.3. The van der Waals surface area contributed by atoms with Gasteiger partial charge in [0.15, 0.2) is 0 Å². The highest BCUT2D eigenvalue weighted by molar-refractivity contribution is 7.80. The first kappa shape index (κ1) is 25.0. The van der Waals surface area contributed by atoms with Gasteiger partial charge in [-0.3, -0.25) is 8.63 Å². The van der Waals surface area contributed by atoms with Crippen molar-refractivity contribution >= 4 is 55.5 Å². The van der Waals surface area contributed by atoms with Crippen molar-refractivity contribution in [3.8, 4) is 0 Å². The molecule has 0 aromatic heterocycles. The molecule has 171 valence electrons. The Morgan fingerprint density at radius 3 is 0.686 bits per heavy atom. The summed E-state index contributed by atoms with van der Waals surface area (Å²) in [5.74, 6) is 0. The van der Waals surface area contributed by atoms with E-state index in [1.807, 2.05) is 0 Å². The first-order valence-electron chi connectivity index (χ1n) is 11.2. The molecule has 0 saturated carbocycles. The van der Waals surface area contributed by atoms with Crippen molar-refractivity contribution in [1.82, 2.24) is 0 Å². The van der Waals surface area contributed by atoms with E-state index in [-0.39, 0.29) is 0 Å². The van der Waals surface area contributed by atoms with Crippen LogP contribution in [0.4, 0.5) is 8.63 Å². The van der Waals surface area contributed by atoms with Crippen LogP contribution in [0.5, 0.6) is 0 Å². The molecular weight excluding hydrogens is 471 g/mol. The fourth-order valence-corrected chi connectivity index (χ4v) is 8.52. The summed E-state index contributed by atoms with van der Waals surface area (Å²) in [7, 11) is -2.16. The van der Waals surface area contributed by atoms with Crippen LogP contribution >= 0.6 is 15.8 Å². The number of hydrogen-bond donors (Lipinski definition) is 0. The second-order valence-electron chi connectivity index (χ2n) is 7.61. The molecule has 1 radical (unpaired) electrons. The standard InChI is InChI=1S/C30H24P2.BF2/c1-5-13-25(14-6-1)31(26-15-7-2-8-16-26)29-21-23-30(24-22-29)32(27-17-9-3-10-18-27)28-19-11-4-12-20-28;2-1-3/h1-24H;. The van der Waals surface area contributed by atoms with Crippen LogP contribution in [0, 0.1) is 0 Å². The lowest BCUT2D eigenvalue weighted by Crippen LogP contribution is -2.24. The molecule has 0 saturated heterocycles. The van der Waals surface area contributed by atoms with Gasteiger partial charge in [-0.25, -0.2) is 0 Å². The molecule has 0 amide bonds. The predicted octanol–water partition coefficient (Wildman–Crippen LogP) is 5.66. The monoisotopic (exact) mass is 495 g/mol. The predicted molar refractivity (Wildman–Crippen MR) is 152 cm³/mol. The average Bonchev–Trinajstić information content (AvgIpc) is 2.93. The fourth-order valence-electron chi connectivity index (χ4n) is 3.95. The van der Waals surface area contributed by atoms with E-state index in [1.54, 1.807) is 0 Å². The molecule has 0 aliphatic carbocycles. The molecule has 0 unspecified atom stereocenters. The highest BCUT2D eigenvalue weighted by Gasteiger charge is 2.19. The zero-order chi connectivity index (χ0) is 24.3. The SMILES string of the molecule is F[B]F.c1ccc(P(c2ccccc2)c2ccc(P(c3ccccc3)c3ccccc3)cc2)cc1. The van der Waals surface area contributed by atoms with Gasteiger partial charge in [0.25, 0.3) is 0 Å². The highest BCUT2D eigenvalue weighted by atomic mass is 31.1. The van der Waals surface area contributed by atoms with Crippen molar-refractivity contribution in [2.75, 3.05) is 0 Å². The summed E-state index contributed by atoms with van der Waals surface area (Å²) >= 11 is 0. The van der Waals surface area contributed by atoms with E-state index < -0.39 is 23.7 Å². The minimum absolute atomic E-state index is 0.579. The maximum absolute atomic E-state index is 9.50.